The molecular formula is C16H14N2O3. The van der Waals surface area contributed by atoms with Crippen molar-refractivity contribution in [2.75, 3.05) is 13.2 Å². The van der Waals surface area contributed by atoms with Gasteiger partial charge < -0.3 is 13.7 Å². The third-order valence-electron chi connectivity index (χ3n) is 3.67. The van der Waals surface area contributed by atoms with Gasteiger partial charge in [0, 0.05) is 23.7 Å². The van der Waals surface area contributed by atoms with E-state index in [9.17, 15) is 0 Å². The van der Waals surface area contributed by atoms with Crippen molar-refractivity contribution in [2.45, 2.75) is 12.3 Å². The molecule has 1 aliphatic rings. The predicted molar refractivity (Wildman–Crippen MR) is 75.6 cm³/mol. The molecular weight excluding hydrogens is 268 g/mol. The molecule has 5 heteroatoms. The standard InChI is InChI=1S/C16H14N2O3/c1-2-14(20-8-1)11-3-5-12(6-4-11)16-17-15(18-21-16)13-7-9-19-10-13/h1-6,8,13H,7,9-10H2/t13-/m1/s1. The van der Waals surface area contributed by atoms with E-state index in [1.165, 1.54) is 0 Å². The zero-order valence-electron chi connectivity index (χ0n) is 11.4. The van der Waals surface area contributed by atoms with Crippen molar-refractivity contribution in [1.82, 2.24) is 10.1 Å². The highest BCUT2D eigenvalue weighted by Gasteiger charge is 2.23. The van der Waals surface area contributed by atoms with Crippen LogP contribution < -0.4 is 0 Å². The molecule has 1 fully saturated rings. The van der Waals surface area contributed by atoms with Gasteiger partial charge in [0.1, 0.15) is 5.76 Å². The smallest absolute Gasteiger partial charge is 0.257 e. The Hall–Kier alpha value is -2.40. The van der Waals surface area contributed by atoms with Gasteiger partial charge in [-0.3, -0.25) is 0 Å². The van der Waals surface area contributed by atoms with Crippen LogP contribution in [-0.4, -0.2) is 23.4 Å². The van der Waals surface area contributed by atoms with E-state index in [2.05, 4.69) is 10.1 Å². The fourth-order valence-electron chi connectivity index (χ4n) is 2.48. The maximum absolute atomic E-state index is 5.37. The van der Waals surface area contributed by atoms with Crippen molar-refractivity contribution in [3.05, 3.63) is 48.5 Å². The minimum absolute atomic E-state index is 0.255. The molecule has 0 spiro atoms. The van der Waals surface area contributed by atoms with Gasteiger partial charge in [-0.1, -0.05) is 17.3 Å². The van der Waals surface area contributed by atoms with Crippen LogP contribution in [0.15, 0.2) is 51.6 Å². The molecule has 0 bridgehead atoms. The van der Waals surface area contributed by atoms with Crippen LogP contribution in [0.5, 0.6) is 0 Å². The zero-order valence-corrected chi connectivity index (χ0v) is 11.4. The maximum Gasteiger partial charge on any atom is 0.257 e. The van der Waals surface area contributed by atoms with Gasteiger partial charge in [0.2, 0.25) is 0 Å². The Labute approximate surface area is 121 Å². The maximum atomic E-state index is 5.37. The van der Waals surface area contributed by atoms with E-state index < -0.39 is 0 Å². The number of furan rings is 1. The van der Waals surface area contributed by atoms with Gasteiger partial charge in [-0.2, -0.15) is 4.98 Å². The lowest BCUT2D eigenvalue weighted by atomic mass is 10.1. The lowest BCUT2D eigenvalue weighted by Gasteiger charge is -1.99. The zero-order chi connectivity index (χ0) is 14.1. The summed E-state index contributed by atoms with van der Waals surface area (Å²) >= 11 is 0. The molecule has 3 aromatic rings. The highest BCUT2D eigenvalue weighted by Crippen LogP contribution is 2.27. The third kappa shape index (κ3) is 2.36. The first-order chi connectivity index (χ1) is 10.4. The summed E-state index contributed by atoms with van der Waals surface area (Å²) in [5, 5.41) is 4.06. The molecule has 1 saturated heterocycles. The fourth-order valence-corrected chi connectivity index (χ4v) is 2.48. The number of aromatic nitrogens is 2. The second kappa shape index (κ2) is 5.18. The summed E-state index contributed by atoms with van der Waals surface area (Å²) in [6.07, 6.45) is 2.62. The molecule has 5 nitrogen and oxygen atoms in total. The molecule has 0 radical (unpaired) electrons. The van der Waals surface area contributed by atoms with Crippen LogP contribution in [0, 0.1) is 0 Å². The monoisotopic (exact) mass is 282 g/mol. The average Bonchev–Trinajstić information content (AvgIpc) is 3.27. The van der Waals surface area contributed by atoms with Gasteiger partial charge in [0.05, 0.1) is 12.9 Å². The first-order valence-corrected chi connectivity index (χ1v) is 6.96. The second-order valence-corrected chi connectivity index (χ2v) is 5.07. The van der Waals surface area contributed by atoms with Crippen LogP contribution in [0.3, 0.4) is 0 Å². The van der Waals surface area contributed by atoms with Gasteiger partial charge in [-0.15, -0.1) is 0 Å². The van der Waals surface area contributed by atoms with Crippen molar-refractivity contribution in [3.63, 3.8) is 0 Å². The Balaban J connectivity index is 1.58. The topological polar surface area (TPSA) is 61.3 Å². The number of rotatable bonds is 3. The highest BCUT2D eigenvalue weighted by molar-refractivity contribution is 5.63. The molecule has 21 heavy (non-hydrogen) atoms. The van der Waals surface area contributed by atoms with Crippen LogP contribution >= 0.6 is 0 Å². The number of ether oxygens (including phenoxy) is 1. The normalized spacial score (nSPS) is 18.2. The summed E-state index contributed by atoms with van der Waals surface area (Å²) in [4.78, 5) is 4.47. The predicted octanol–water partition coefficient (Wildman–Crippen LogP) is 3.50. The summed E-state index contributed by atoms with van der Waals surface area (Å²) in [6, 6.07) is 11.7. The molecule has 106 valence electrons. The van der Waals surface area contributed by atoms with E-state index in [-0.39, 0.29) is 5.92 Å². The Bertz CT molecular complexity index is 710. The van der Waals surface area contributed by atoms with E-state index in [1.54, 1.807) is 6.26 Å². The molecule has 0 amide bonds. The van der Waals surface area contributed by atoms with Crippen LogP contribution in [0.25, 0.3) is 22.8 Å². The molecule has 1 atom stereocenters. The number of hydrogen-bond donors (Lipinski definition) is 0. The van der Waals surface area contributed by atoms with Crippen molar-refractivity contribution in [3.8, 4) is 22.8 Å². The summed E-state index contributed by atoms with van der Waals surface area (Å²) in [7, 11) is 0. The van der Waals surface area contributed by atoms with Gasteiger partial charge in [0.25, 0.3) is 5.89 Å². The molecule has 4 rings (SSSR count). The lowest BCUT2D eigenvalue weighted by molar-refractivity contribution is 0.192. The van der Waals surface area contributed by atoms with Crippen LogP contribution in [0.2, 0.25) is 0 Å². The van der Waals surface area contributed by atoms with E-state index in [0.29, 0.717) is 12.5 Å². The van der Waals surface area contributed by atoms with E-state index in [1.807, 2.05) is 36.4 Å². The van der Waals surface area contributed by atoms with E-state index >= 15 is 0 Å². The van der Waals surface area contributed by atoms with Crippen LogP contribution in [0.4, 0.5) is 0 Å². The van der Waals surface area contributed by atoms with Gasteiger partial charge in [-0.05, 0) is 30.7 Å². The number of nitrogens with zero attached hydrogens (tertiary/aromatic N) is 2. The number of hydrogen-bond acceptors (Lipinski definition) is 5. The molecule has 0 unspecified atom stereocenters. The van der Waals surface area contributed by atoms with Gasteiger partial charge in [-0.25, -0.2) is 0 Å². The van der Waals surface area contributed by atoms with Crippen LogP contribution in [0.1, 0.15) is 18.2 Å². The average molecular weight is 282 g/mol. The minimum Gasteiger partial charge on any atom is -0.464 e. The van der Waals surface area contributed by atoms with E-state index in [0.717, 1.165) is 35.7 Å². The van der Waals surface area contributed by atoms with E-state index in [4.69, 9.17) is 13.7 Å². The first kappa shape index (κ1) is 12.3. The summed E-state index contributed by atoms with van der Waals surface area (Å²) < 4.78 is 16.1. The largest absolute Gasteiger partial charge is 0.464 e. The highest BCUT2D eigenvalue weighted by atomic mass is 16.5. The second-order valence-electron chi connectivity index (χ2n) is 5.07. The van der Waals surface area contributed by atoms with Crippen molar-refractivity contribution < 1.29 is 13.7 Å². The molecule has 0 saturated carbocycles. The Morgan fingerprint density at radius 2 is 1.90 bits per heavy atom. The van der Waals surface area contributed by atoms with Crippen LogP contribution in [-0.2, 0) is 4.74 Å². The number of benzene rings is 1. The third-order valence-corrected chi connectivity index (χ3v) is 3.67. The fraction of sp³-hybridized carbons (Fsp3) is 0.250. The van der Waals surface area contributed by atoms with Gasteiger partial charge >= 0.3 is 0 Å². The lowest BCUT2D eigenvalue weighted by Crippen LogP contribution is -1.99. The Kier molecular flexibility index (Phi) is 3.05. The van der Waals surface area contributed by atoms with Crippen molar-refractivity contribution >= 4 is 0 Å². The molecule has 0 N–H and O–H groups in total. The molecule has 0 aliphatic carbocycles. The quantitative estimate of drug-likeness (QED) is 0.735. The summed E-state index contributed by atoms with van der Waals surface area (Å²) in [6.45, 7) is 1.45. The molecule has 1 aliphatic heterocycles. The summed E-state index contributed by atoms with van der Waals surface area (Å²) in [5.41, 5.74) is 1.93. The first-order valence-electron chi connectivity index (χ1n) is 6.96. The molecule has 2 aromatic heterocycles. The molecule has 1 aromatic carbocycles. The Morgan fingerprint density at radius 1 is 1.05 bits per heavy atom. The molecule has 3 heterocycles. The summed E-state index contributed by atoms with van der Waals surface area (Å²) in [5.74, 6) is 2.38. The Morgan fingerprint density at radius 3 is 2.62 bits per heavy atom. The SMILES string of the molecule is c1coc(-c2ccc(-c3nc([C@@H]4CCOC4)no3)cc2)c1. The van der Waals surface area contributed by atoms with Crippen molar-refractivity contribution in [2.24, 2.45) is 0 Å². The van der Waals surface area contributed by atoms with Gasteiger partial charge in [0.15, 0.2) is 5.82 Å². The minimum atomic E-state index is 0.255. The van der Waals surface area contributed by atoms with Crippen molar-refractivity contribution in [1.29, 1.82) is 0 Å².